The Morgan fingerprint density at radius 3 is 1.11 bits per heavy atom. The molecule has 12 nitrogen and oxygen atoms in total. The standard InChI is InChI=1S/C70H74O12Si/c1-70(2,3)83(57-40-24-10-25-41-57,58-42-26-11-27-43-58)79-50-60-62(74-45-52-30-14-5-15-31-52)64(76-47-54-34-18-7-19-35-54)66(82-67(71)56-38-22-9-23-39-56)69(81-60)78-49-59-61(73-44-51-28-12-4-13-29-51)63(75-46-53-32-16-6-17-33-53)65(68(72)80-59)77-48-55-36-20-8-21-37-55/h4-43,59-66,68-69,72H,44-50H2,1-3H3/t59-,60-,61-,62-,63+,64+,65-,66-,68+,69-/m1/s1. The molecule has 8 aromatic carbocycles. The van der Waals surface area contributed by atoms with Crippen LogP contribution in [0.3, 0.4) is 0 Å². The van der Waals surface area contributed by atoms with E-state index in [-0.39, 0.29) is 46.2 Å². The summed E-state index contributed by atoms with van der Waals surface area (Å²) >= 11 is 0. The van der Waals surface area contributed by atoms with Crippen molar-refractivity contribution >= 4 is 24.7 Å². The number of ether oxygens (including phenoxy) is 9. The van der Waals surface area contributed by atoms with E-state index in [4.69, 9.17) is 47.1 Å². The van der Waals surface area contributed by atoms with Crippen molar-refractivity contribution in [2.75, 3.05) is 13.2 Å². The van der Waals surface area contributed by atoms with Gasteiger partial charge in [-0.15, -0.1) is 0 Å². The Hall–Kier alpha value is -6.95. The van der Waals surface area contributed by atoms with Crippen LogP contribution in [-0.4, -0.2) is 94.0 Å². The first-order valence-electron chi connectivity index (χ1n) is 28.5. The maximum absolute atomic E-state index is 14.6. The molecule has 0 saturated carbocycles. The molecule has 430 valence electrons. The summed E-state index contributed by atoms with van der Waals surface area (Å²) < 4.78 is 69.8. The predicted octanol–water partition coefficient (Wildman–Crippen LogP) is 11.2. The SMILES string of the molecule is CC(C)(C)[Si](OC[C@H]1O[C@@H](OC[C@H]2O[C@H](O)[C@H](OCc3ccccc3)[C@@H](OCc3ccccc3)[C@@H]2OCc2ccccc2)[C@H](OC(=O)c2ccccc2)[C@@H](OCc2ccccc2)[C@@H]1OCc1ccccc1)(c1ccccc1)c1ccccc1. The van der Waals surface area contributed by atoms with Gasteiger partial charge in [0, 0.05) is 0 Å². The third-order valence-electron chi connectivity index (χ3n) is 15.2. The molecule has 2 aliphatic rings. The maximum atomic E-state index is 14.6. The minimum Gasteiger partial charge on any atom is -0.450 e. The van der Waals surface area contributed by atoms with Crippen molar-refractivity contribution in [2.24, 2.45) is 0 Å². The van der Waals surface area contributed by atoms with Gasteiger partial charge < -0.3 is 52.2 Å². The molecule has 10 rings (SSSR count). The van der Waals surface area contributed by atoms with Gasteiger partial charge in [-0.05, 0) is 55.4 Å². The first-order valence-corrected chi connectivity index (χ1v) is 30.4. The minimum absolute atomic E-state index is 0.0223. The zero-order chi connectivity index (χ0) is 57.3. The Kier molecular flexibility index (Phi) is 20.7. The number of hydrogen-bond donors (Lipinski definition) is 1. The highest BCUT2D eigenvalue weighted by molar-refractivity contribution is 6.99. The molecule has 83 heavy (non-hydrogen) atoms. The van der Waals surface area contributed by atoms with Gasteiger partial charge in [-0.1, -0.05) is 251 Å². The molecule has 10 atom stereocenters. The average Bonchev–Trinajstić information content (AvgIpc) is 3.55. The lowest BCUT2D eigenvalue weighted by atomic mass is 9.97. The van der Waals surface area contributed by atoms with Crippen molar-refractivity contribution in [2.45, 2.75) is 120 Å². The van der Waals surface area contributed by atoms with E-state index in [9.17, 15) is 9.90 Å². The smallest absolute Gasteiger partial charge is 0.338 e. The third kappa shape index (κ3) is 15.2. The zero-order valence-corrected chi connectivity index (χ0v) is 48.3. The highest BCUT2D eigenvalue weighted by atomic mass is 28.4. The molecule has 2 saturated heterocycles. The van der Waals surface area contributed by atoms with Crippen LogP contribution in [-0.2, 0) is 80.1 Å². The second kappa shape index (κ2) is 29.0. The van der Waals surface area contributed by atoms with E-state index < -0.39 is 80.7 Å². The summed E-state index contributed by atoms with van der Waals surface area (Å²) in [6.07, 6.45) is -10.7. The van der Waals surface area contributed by atoms with Crippen molar-refractivity contribution in [3.8, 4) is 0 Å². The molecule has 8 aromatic rings. The number of esters is 1. The van der Waals surface area contributed by atoms with Crippen molar-refractivity contribution < 1.29 is 57.0 Å². The second-order valence-electron chi connectivity index (χ2n) is 22.0. The van der Waals surface area contributed by atoms with Gasteiger partial charge in [-0.2, -0.15) is 0 Å². The number of carbonyl (C=O) groups is 1. The summed E-state index contributed by atoms with van der Waals surface area (Å²) in [4.78, 5) is 14.6. The molecule has 2 aliphatic heterocycles. The van der Waals surface area contributed by atoms with Crippen molar-refractivity contribution in [3.63, 3.8) is 0 Å². The second-order valence-corrected chi connectivity index (χ2v) is 26.3. The molecule has 0 aromatic heterocycles. The lowest BCUT2D eigenvalue weighted by molar-refractivity contribution is -0.342. The summed E-state index contributed by atoms with van der Waals surface area (Å²) in [5.74, 6) is -0.619. The van der Waals surface area contributed by atoms with Gasteiger partial charge >= 0.3 is 5.97 Å². The van der Waals surface area contributed by atoms with Crippen molar-refractivity contribution in [1.82, 2.24) is 0 Å². The molecule has 0 radical (unpaired) electrons. The fraction of sp³-hybridized carbons (Fsp3) is 0.300. The van der Waals surface area contributed by atoms with Crippen LogP contribution in [0.4, 0.5) is 0 Å². The van der Waals surface area contributed by atoms with E-state index in [1.165, 1.54) is 0 Å². The topological polar surface area (TPSA) is 130 Å². The van der Waals surface area contributed by atoms with Gasteiger partial charge in [-0.25, -0.2) is 4.79 Å². The van der Waals surface area contributed by atoms with Crippen LogP contribution in [0.15, 0.2) is 243 Å². The Balaban J connectivity index is 1.05. The molecule has 0 bridgehead atoms. The summed E-state index contributed by atoms with van der Waals surface area (Å²) in [5, 5.41) is 14.0. The van der Waals surface area contributed by atoms with Crippen LogP contribution >= 0.6 is 0 Å². The Morgan fingerprint density at radius 2 is 0.723 bits per heavy atom. The molecule has 0 unspecified atom stereocenters. The van der Waals surface area contributed by atoms with Gasteiger partial charge in [0.1, 0.15) is 42.7 Å². The number of hydrogen-bond acceptors (Lipinski definition) is 12. The molecule has 0 aliphatic carbocycles. The van der Waals surface area contributed by atoms with Crippen LogP contribution in [0.5, 0.6) is 0 Å². The van der Waals surface area contributed by atoms with E-state index in [0.29, 0.717) is 5.56 Å². The number of benzene rings is 8. The number of carbonyl (C=O) groups excluding carboxylic acids is 1. The number of aliphatic hydroxyl groups excluding tert-OH is 1. The van der Waals surface area contributed by atoms with Crippen LogP contribution in [0, 0.1) is 0 Å². The fourth-order valence-electron chi connectivity index (χ4n) is 11.0. The largest absolute Gasteiger partial charge is 0.450 e. The monoisotopic (exact) mass is 1130 g/mol. The van der Waals surface area contributed by atoms with Gasteiger partial charge in [0.2, 0.25) is 0 Å². The first-order chi connectivity index (χ1) is 40.6. The number of aliphatic hydroxyl groups is 1. The summed E-state index contributed by atoms with van der Waals surface area (Å²) in [6.45, 7) is 7.29. The van der Waals surface area contributed by atoms with Crippen molar-refractivity contribution in [3.05, 3.63) is 276 Å². The van der Waals surface area contributed by atoms with E-state index in [1.54, 1.807) is 24.3 Å². The van der Waals surface area contributed by atoms with E-state index in [1.807, 2.05) is 170 Å². The molecule has 13 heteroatoms. The molecular weight excluding hydrogens is 1060 g/mol. The zero-order valence-electron chi connectivity index (χ0n) is 47.3. The summed E-state index contributed by atoms with van der Waals surface area (Å²) in [6, 6.07) is 78.7. The molecule has 2 fully saturated rings. The van der Waals surface area contributed by atoms with Crippen LogP contribution in [0.1, 0.15) is 58.9 Å². The Morgan fingerprint density at radius 1 is 0.398 bits per heavy atom. The summed E-state index contributed by atoms with van der Waals surface area (Å²) in [7, 11) is -3.22. The van der Waals surface area contributed by atoms with Gasteiger partial charge in [0.05, 0.1) is 51.8 Å². The van der Waals surface area contributed by atoms with E-state index in [0.717, 1.165) is 38.2 Å². The van der Waals surface area contributed by atoms with E-state index >= 15 is 0 Å². The van der Waals surface area contributed by atoms with Crippen LogP contribution in [0.2, 0.25) is 5.04 Å². The van der Waals surface area contributed by atoms with Gasteiger partial charge in [-0.3, -0.25) is 0 Å². The predicted molar refractivity (Wildman–Crippen MR) is 320 cm³/mol. The minimum atomic E-state index is -3.22. The lowest BCUT2D eigenvalue weighted by Crippen LogP contribution is -2.69. The highest BCUT2D eigenvalue weighted by Gasteiger charge is 2.55. The molecule has 1 N–H and O–H groups in total. The molecule has 0 spiro atoms. The number of rotatable bonds is 25. The maximum Gasteiger partial charge on any atom is 0.338 e. The quantitative estimate of drug-likeness (QED) is 0.0432. The Labute approximate surface area is 488 Å². The third-order valence-corrected chi connectivity index (χ3v) is 20.2. The summed E-state index contributed by atoms with van der Waals surface area (Å²) in [5.41, 5.74) is 4.86. The molecule has 0 amide bonds. The van der Waals surface area contributed by atoms with Crippen LogP contribution in [0.25, 0.3) is 0 Å². The normalized spacial score (nSPS) is 22.8. The lowest BCUT2D eigenvalue weighted by Gasteiger charge is -2.48. The average molecular weight is 1140 g/mol. The first kappa shape index (κ1) is 59.2. The van der Waals surface area contributed by atoms with Gasteiger partial charge in [0.15, 0.2) is 18.7 Å². The Bertz CT molecular complexity index is 3100. The fourth-order valence-corrected chi connectivity index (χ4v) is 15.6. The molecule has 2 heterocycles. The van der Waals surface area contributed by atoms with Gasteiger partial charge in [0.25, 0.3) is 8.32 Å². The van der Waals surface area contributed by atoms with E-state index in [2.05, 4.69) is 69.3 Å². The van der Waals surface area contributed by atoms with Crippen molar-refractivity contribution in [1.29, 1.82) is 0 Å². The highest BCUT2D eigenvalue weighted by Crippen LogP contribution is 2.39. The van der Waals surface area contributed by atoms with Crippen LogP contribution < -0.4 is 10.4 Å². The molecular formula is C70H74O12Si.